The molecule has 0 saturated carbocycles. The van der Waals surface area contributed by atoms with Gasteiger partial charge in [-0.1, -0.05) is 6.07 Å². The Balaban J connectivity index is 1.67. The monoisotopic (exact) mass is 468 g/mol. The Morgan fingerprint density at radius 1 is 1.21 bits per heavy atom. The average Bonchev–Trinajstić information content (AvgIpc) is 3.12. The van der Waals surface area contributed by atoms with Gasteiger partial charge in [0.05, 0.1) is 11.5 Å². The summed E-state index contributed by atoms with van der Waals surface area (Å²) in [7, 11) is -3.33. The van der Waals surface area contributed by atoms with E-state index in [4.69, 9.17) is 9.47 Å². The number of aliphatic hydroxyl groups excluding tert-OH is 1. The van der Waals surface area contributed by atoms with Gasteiger partial charge in [-0.3, -0.25) is 4.79 Å². The van der Waals surface area contributed by atoms with Crippen LogP contribution in [0.1, 0.15) is 28.4 Å². The number of aliphatic hydroxyl groups is 1. The largest absolute Gasteiger partial charge is 0.484 e. The number of fused-ring (bicyclic) bond motifs is 1. The molecule has 1 amide bonds. The zero-order valence-electron chi connectivity index (χ0n) is 18.5. The molecule has 2 N–H and O–H groups in total. The van der Waals surface area contributed by atoms with Crippen LogP contribution >= 0.6 is 0 Å². The molecule has 1 aliphatic heterocycles. The molecule has 1 aromatic heterocycles. The van der Waals surface area contributed by atoms with Crippen LogP contribution in [0, 0.1) is 6.92 Å². The van der Waals surface area contributed by atoms with Crippen molar-refractivity contribution in [2.24, 2.45) is 0 Å². The molecule has 3 aromatic rings. The van der Waals surface area contributed by atoms with Crippen molar-refractivity contribution >= 4 is 21.6 Å². The van der Waals surface area contributed by atoms with Gasteiger partial charge in [-0.25, -0.2) is 13.4 Å². The van der Waals surface area contributed by atoms with Gasteiger partial charge in [0.25, 0.3) is 5.91 Å². The van der Waals surface area contributed by atoms with E-state index in [9.17, 15) is 18.3 Å². The summed E-state index contributed by atoms with van der Waals surface area (Å²) in [4.78, 5) is 17.3. The molecule has 172 valence electrons. The van der Waals surface area contributed by atoms with E-state index >= 15 is 0 Å². The Morgan fingerprint density at radius 2 is 1.94 bits per heavy atom. The molecule has 0 spiro atoms. The van der Waals surface area contributed by atoms with E-state index in [-0.39, 0.29) is 11.5 Å². The minimum absolute atomic E-state index is 0.176. The van der Waals surface area contributed by atoms with Crippen LogP contribution in [0.4, 0.5) is 5.82 Å². The minimum Gasteiger partial charge on any atom is -0.484 e. The van der Waals surface area contributed by atoms with Crippen LogP contribution in [0.3, 0.4) is 0 Å². The lowest BCUT2D eigenvalue weighted by Crippen LogP contribution is -2.34. The number of benzene rings is 2. The number of amides is 1. The molecule has 0 aliphatic carbocycles. The zero-order valence-corrected chi connectivity index (χ0v) is 19.3. The lowest BCUT2D eigenvalue weighted by Gasteiger charge is -2.20. The Morgan fingerprint density at radius 3 is 2.55 bits per heavy atom. The average molecular weight is 469 g/mol. The van der Waals surface area contributed by atoms with Gasteiger partial charge in [0.15, 0.2) is 9.84 Å². The lowest BCUT2D eigenvalue weighted by atomic mass is 9.98. The van der Waals surface area contributed by atoms with Gasteiger partial charge in [-0.05, 0) is 61.9 Å². The maximum atomic E-state index is 12.9. The van der Waals surface area contributed by atoms with E-state index in [1.54, 1.807) is 43.5 Å². The van der Waals surface area contributed by atoms with Crippen molar-refractivity contribution in [2.75, 3.05) is 18.2 Å². The number of nitrogens with zero attached hydrogens (tertiary/aromatic N) is 1. The molecule has 2 heterocycles. The number of ether oxygens (including phenoxy) is 2. The second-order valence-electron chi connectivity index (χ2n) is 8.36. The number of carbonyl (C=O) groups excluding carboxylic acids is 1. The highest BCUT2D eigenvalue weighted by molar-refractivity contribution is 7.90. The molecule has 1 aliphatic rings. The van der Waals surface area contributed by atoms with Crippen molar-refractivity contribution in [3.63, 3.8) is 0 Å². The van der Waals surface area contributed by atoms with Crippen molar-refractivity contribution in [1.29, 1.82) is 0 Å². The third-order valence-corrected chi connectivity index (χ3v) is 6.43. The van der Waals surface area contributed by atoms with Gasteiger partial charge in [0.1, 0.15) is 28.7 Å². The summed E-state index contributed by atoms with van der Waals surface area (Å²) in [6, 6.07) is 12.8. The SMILES string of the molecule is Cc1ccc(NC(=O)c2cc(Oc3ccc(S(C)(=O)=O)cc3)c3c(c2)OC(C)(CO)C3)nc1. The number of carbonyl (C=O) groups is 1. The van der Waals surface area contributed by atoms with E-state index in [0.717, 1.165) is 11.8 Å². The molecule has 2 aromatic carbocycles. The fraction of sp³-hybridized carbons (Fsp3) is 0.250. The molecule has 0 radical (unpaired) electrons. The minimum atomic E-state index is -3.33. The fourth-order valence-corrected chi connectivity index (χ4v) is 4.11. The van der Waals surface area contributed by atoms with Gasteiger partial charge in [0.2, 0.25) is 0 Å². The number of rotatable bonds is 6. The summed E-state index contributed by atoms with van der Waals surface area (Å²) < 4.78 is 35.4. The maximum Gasteiger partial charge on any atom is 0.257 e. The topological polar surface area (TPSA) is 115 Å². The predicted octanol–water partition coefficient (Wildman–Crippen LogP) is 3.52. The first-order valence-electron chi connectivity index (χ1n) is 10.3. The Hall–Kier alpha value is -3.43. The highest BCUT2D eigenvalue weighted by Crippen LogP contribution is 2.43. The number of aryl methyl sites for hydroxylation is 1. The third-order valence-electron chi connectivity index (χ3n) is 5.30. The van der Waals surface area contributed by atoms with Gasteiger partial charge < -0.3 is 19.9 Å². The molecule has 0 fully saturated rings. The number of pyridine rings is 1. The number of anilines is 1. The Labute approximate surface area is 192 Å². The third kappa shape index (κ3) is 4.99. The van der Waals surface area contributed by atoms with E-state index in [1.165, 1.54) is 12.1 Å². The van der Waals surface area contributed by atoms with Gasteiger partial charge in [-0.2, -0.15) is 0 Å². The summed E-state index contributed by atoms with van der Waals surface area (Å²) in [5, 5.41) is 12.5. The van der Waals surface area contributed by atoms with E-state index in [2.05, 4.69) is 10.3 Å². The van der Waals surface area contributed by atoms with Crippen LogP contribution in [0.25, 0.3) is 0 Å². The van der Waals surface area contributed by atoms with E-state index in [0.29, 0.717) is 40.6 Å². The molecule has 8 nitrogen and oxygen atoms in total. The van der Waals surface area contributed by atoms with E-state index in [1.807, 2.05) is 13.0 Å². The number of nitrogens with one attached hydrogen (secondary N) is 1. The summed E-state index contributed by atoms with van der Waals surface area (Å²) in [5.74, 6) is 1.25. The number of hydrogen-bond donors (Lipinski definition) is 2. The molecule has 33 heavy (non-hydrogen) atoms. The van der Waals surface area contributed by atoms with Gasteiger partial charge >= 0.3 is 0 Å². The number of hydrogen-bond acceptors (Lipinski definition) is 7. The first kappa shape index (κ1) is 22.8. The molecule has 0 bridgehead atoms. The van der Waals surface area contributed by atoms with Crippen LogP contribution in [0.5, 0.6) is 17.2 Å². The molecule has 0 saturated heterocycles. The fourth-order valence-electron chi connectivity index (χ4n) is 3.48. The van der Waals surface area contributed by atoms with Crippen molar-refractivity contribution in [2.45, 2.75) is 30.8 Å². The molecular weight excluding hydrogens is 444 g/mol. The highest BCUT2D eigenvalue weighted by Gasteiger charge is 2.37. The van der Waals surface area contributed by atoms with Crippen LogP contribution in [-0.4, -0.2) is 42.9 Å². The number of sulfone groups is 1. The molecule has 4 rings (SSSR count). The highest BCUT2D eigenvalue weighted by atomic mass is 32.2. The first-order chi connectivity index (χ1) is 15.6. The van der Waals surface area contributed by atoms with Crippen molar-refractivity contribution in [1.82, 2.24) is 4.98 Å². The lowest BCUT2D eigenvalue weighted by molar-refractivity contribution is 0.0445. The summed E-state index contributed by atoms with van der Waals surface area (Å²) >= 11 is 0. The Kier molecular flexibility index (Phi) is 5.85. The second kappa shape index (κ2) is 8.49. The quantitative estimate of drug-likeness (QED) is 0.569. The molecule has 9 heteroatoms. The maximum absolute atomic E-state index is 12.9. The predicted molar refractivity (Wildman–Crippen MR) is 123 cm³/mol. The van der Waals surface area contributed by atoms with Crippen molar-refractivity contribution in [3.8, 4) is 17.2 Å². The van der Waals surface area contributed by atoms with Gasteiger partial charge in [0, 0.05) is 30.0 Å². The van der Waals surface area contributed by atoms with Crippen molar-refractivity contribution in [3.05, 3.63) is 71.4 Å². The van der Waals surface area contributed by atoms with Crippen LogP contribution in [0.15, 0.2) is 59.6 Å². The van der Waals surface area contributed by atoms with Gasteiger partial charge in [-0.15, -0.1) is 0 Å². The molecular formula is C24H24N2O6S. The van der Waals surface area contributed by atoms with E-state index < -0.39 is 21.3 Å². The number of aromatic nitrogens is 1. The standard InChI is InChI=1S/C24H24N2O6S/c1-15-4-9-22(25-13-15)26-23(28)16-10-20(19-12-24(2,14-27)32-21(19)11-16)31-17-5-7-18(8-6-17)33(3,29)30/h4-11,13,27H,12,14H2,1-3H3,(H,25,26,28). The van der Waals surface area contributed by atoms with Crippen LogP contribution in [-0.2, 0) is 16.3 Å². The summed E-state index contributed by atoms with van der Waals surface area (Å²) in [5.41, 5.74) is 1.14. The normalized spacial score (nSPS) is 17.2. The zero-order chi connectivity index (χ0) is 23.8. The smallest absolute Gasteiger partial charge is 0.257 e. The van der Waals surface area contributed by atoms with Crippen LogP contribution in [0.2, 0.25) is 0 Å². The van der Waals surface area contributed by atoms with Crippen LogP contribution < -0.4 is 14.8 Å². The second-order valence-corrected chi connectivity index (χ2v) is 10.4. The Bertz CT molecular complexity index is 1300. The summed E-state index contributed by atoms with van der Waals surface area (Å²) in [6.07, 6.45) is 3.17. The first-order valence-corrected chi connectivity index (χ1v) is 12.1. The molecule has 1 unspecified atom stereocenters. The summed E-state index contributed by atoms with van der Waals surface area (Å²) in [6.45, 7) is 3.47. The van der Waals surface area contributed by atoms with Crippen molar-refractivity contribution < 1.29 is 27.8 Å². The molecule has 1 atom stereocenters.